The van der Waals surface area contributed by atoms with Crippen molar-refractivity contribution in [1.82, 2.24) is 4.98 Å². The van der Waals surface area contributed by atoms with E-state index in [-0.39, 0.29) is 45.8 Å². The smallest absolute Gasteiger partial charge is 0.256 e. The van der Waals surface area contributed by atoms with Gasteiger partial charge in [0.15, 0.2) is 0 Å². The Morgan fingerprint density at radius 2 is 0.534 bits per heavy atom. The summed E-state index contributed by atoms with van der Waals surface area (Å²) in [5, 5.41) is 0.105. The van der Waals surface area contributed by atoms with Gasteiger partial charge in [-0.15, -0.1) is 0 Å². The summed E-state index contributed by atoms with van der Waals surface area (Å²) in [6.07, 6.45) is -30.7. The van der Waals surface area contributed by atoms with Crippen LogP contribution in [-0.2, 0) is 37.1 Å². The minimum Gasteiger partial charge on any atom is -0.256 e. The van der Waals surface area contributed by atoms with E-state index in [2.05, 4.69) is 4.98 Å². The number of aromatic nitrogens is 1. The van der Waals surface area contributed by atoms with Gasteiger partial charge in [-0.05, 0) is 124 Å². The summed E-state index contributed by atoms with van der Waals surface area (Å²) in [5.74, 6) is 0. The average Bonchev–Trinajstić information content (AvgIpc) is 3.11. The van der Waals surface area contributed by atoms with Gasteiger partial charge in [-0.1, -0.05) is 12.1 Å². The van der Waals surface area contributed by atoms with E-state index in [9.17, 15) is 79.0 Å². The molecule has 19 heteroatoms. The van der Waals surface area contributed by atoms with Crippen LogP contribution in [0.5, 0.6) is 0 Å². The molecule has 1 heterocycles. The van der Waals surface area contributed by atoms with E-state index in [4.69, 9.17) is 0 Å². The lowest BCUT2D eigenvalue weighted by atomic mass is 9.90. The molecule has 58 heavy (non-hydrogen) atoms. The van der Waals surface area contributed by atoms with Crippen LogP contribution in [0.25, 0.3) is 55.4 Å². The van der Waals surface area contributed by atoms with E-state index in [1.807, 2.05) is 0 Å². The fraction of sp³-hybridized carbons (Fsp3) is 0.154. The topological polar surface area (TPSA) is 12.9 Å². The van der Waals surface area contributed by atoms with Gasteiger partial charge in [-0.2, -0.15) is 79.0 Å². The maximum atomic E-state index is 13.8. The molecule has 0 atom stereocenters. The Labute approximate surface area is 313 Å². The number of benzene rings is 5. The molecule has 0 saturated carbocycles. The van der Waals surface area contributed by atoms with Gasteiger partial charge >= 0.3 is 37.1 Å². The summed E-state index contributed by atoms with van der Waals surface area (Å²) in [6, 6.07) is 9.11. The number of fused-ring (bicyclic) bond motifs is 1. The molecule has 1 aromatic heterocycles. The standard InChI is InChI=1S/C39H17F18N/c40-34(41,42)27-7-23(8-28(14-27)35(43,44)45)18-1-2-19-3-26(17-58-33(19)13-18)22-5-20(24-9-29(36(46,47)48)15-30(10-24)37(49,50)51)4-21(6-22)25-11-31(38(52,53)54)16-32(12-25)39(55,56)57/h1-17H. The van der Waals surface area contributed by atoms with Crippen LogP contribution in [0.2, 0.25) is 0 Å². The number of hydrogen-bond acceptors (Lipinski definition) is 1. The van der Waals surface area contributed by atoms with Crippen LogP contribution < -0.4 is 0 Å². The number of pyridine rings is 1. The third-order valence-electron chi connectivity index (χ3n) is 8.71. The van der Waals surface area contributed by atoms with Crippen LogP contribution in [0.15, 0.2) is 103 Å². The Morgan fingerprint density at radius 3 is 0.845 bits per heavy atom. The molecule has 0 aliphatic heterocycles. The molecule has 0 spiro atoms. The molecule has 1 nitrogen and oxygen atoms in total. The Balaban J connectivity index is 1.57. The fourth-order valence-corrected chi connectivity index (χ4v) is 5.95. The highest BCUT2D eigenvalue weighted by atomic mass is 19.4. The molecule has 0 amide bonds. The van der Waals surface area contributed by atoms with E-state index in [1.54, 1.807) is 0 Å². The normalized spacial score (nSPS) is 13.3. The Hall–Kier alpha value is -5.75. The van der Waals surface area contributed by atoms with Crippen molar-refractivity contribution >= 4 is 10.9 Å². The van der Waals surface area contributed by atoms with Crippen LogP contribution >= 0.6 is 0 Å². The first-order chi connectivity index (χ1) is 26.5. The fourth-order valence-electron chi connectivity index (χ4n) is 5.95. The van der Waals surface area contributed by atoms with Crippen molar-refractivity contribution in [3.8, 4) is 44.5 Å². The van der Waals surface area contributed by atoms with E-state index in [0.717, 1.165) is 36.5 Å². The van der Waals surface area contributed by atoms with Gasteiger partial charge in [0.25, 0.3) is 0 Å². The number of rotatable bonds is 4. The molecule has 5 aromatic carbocycles. The summed E-state index contributed by atoms with van der Waals surface area (Å²) >= 11 is 0. The Morgan fingerprint density at radius 1 is 0.259 bits per heavy atom. The van der Waals surface area contributed by atoms with Gasteiger partial charge in [-0.25, -0.2) is 0 Å². The van der Waals surface area contributed by atoms with Crippen LogP contribution in [0.3, 0.4) is 0 Å². The maximum Gasteiger partial charge on any atom is 0.416 e. The highest BCUT2D eigenvalue weighted by molar-refractivity contribution is 5.89. The molecular formula is C39H17F18N. The molecule has 304 valence electrons. The third kappa shape index (κ3) is 9.02. The molecule has 6 rings (SSSR count). The Bertz CT molecular complexity index is 2340. The second-order valence-corrected chi connectivity index (χ2v) is 12.8. The first-order valence-electron chi connectivity index (χ1n) is 15.9. The van der Waals surface area contributed by atoms with Crippen molar-refractivity contribution in [2.24, 2.45) is 0 Å². The van der Waals surface area contributed by atoms with Crippen molar-refractivity contribution in [3.05, 3.63) is 137 Å². The van der Waals surface area contributed by atoms with Crippen molar-refractivity contribution in [2.75, 3.05) is 0 Å². The molecule has 0 aliphatic rings. The minimum absolute atomic E-state index is 0.0519. The highest BCUT2D eigenvalue weighted by Crippen LogP contribution is 2.44. The average molecular weight is 842 g/mol. The van der Waals surface area contributed by atoms with Crippen molar-refractivity contribution in [2.45, 2.75) is 37.1 Å². The third-order valence-corrected chi connectivity index (χ3v) is 8.71. The van der Waals surface area contributed by atoms with Gasteiger partial charge in [0.05, 0.1) is 38.9 Å². The van der Waals surface area contributed by atoms with Crippen molar-refractivity contribution < 1.29 is 79.0 Å². The number of alkyl halides is 18. The summed E-state index contributed by atoms with van der Waals surface area (Å²) in [4.78, 5) is 4.14. The van der Waals surface area contributed by atoms with Gasteiger partial charge in [-0.3, -0.25) is 4.98 Å². The second kappa shape index (κ2) is 14.0. The minimum atomic E-state index is -5.34. The molecule has 0 saturated heterocycles. The van der Waals surface area contributed by atoms with Gasteiger partial charge < -0.3 is 0 Å². The predicted octanol–water partition coefficient (Wildman–Crippen LogP) is 15.0. The zero-order valence-corrected chi connectivity index (χ0v) is 28.1. The maximum absolute atomic E-state index is 13.8. The van der Waals surface area contributed by atoms with Crippen LogP contribution in [0, 0.1) is 0 Å². The summed E-state index contributed by atoms with van der Waals surface area (Å²) in [7, 11) is 0. The molecule has 0 fully saturated rings. The molecule has 0 bridgehead atoms. The van der Waals surface area contributed by atoms with Gasteiger partial charge in [0, 0.05) is 17.1 Å². The number of nitrogens with zero attached hydrogens (tertiary/aromatic N) is 1. The van der Waals surface area contributed by atoms with Crippen LogP contribution in [-0.4, -0.2) is 4.98 Å². The van der Waals surface area contributed by atoms with E-state index < -0.39 is 98.3 Å². The first-order valence-corrected chi connectivity index (χ1v) is 15.9. The zero-order valence-electron chi connectivity index (χ0n) is 28.1. The van der Waals surface area contributed by atoms with Crippen LogP contribution in [0.1, 0.15) is 33.4 Å². The molecule has 6 aromatic rings. The molecular weight excluding hydrogens is 824 g/mol. The first kappa shape index (κ1) is 41.9. The highest BCUT2D eigenvalue weighted by Gasteiger charge is 2.40. The van der Waals surface area contributed by atoms with E-state index in [1.165, 1.54) is 12.1 Å². The van der Waals surface area contributed by atoms with Crippen molar-refractivity contribution in [1.29, 1.82) is 0 Å². The SMILES string of the molecule is FC(F)(F)c1cc(-c2cc(-c3cc(C(F)(F)F)cc(C(F)(F)F)c3)cc(-c3cnc4cc(-c5cc(C(F)(F)F)cc(C(F)(F)F)c5)ccc4c3)c2)cc(C(F)(F)F)c1. The van der Waals surface area contributed by atoms with Gasteiger partial charge in [0.2, 0.25) is 0 Å². The van der Waals surface area contributed by atoms with E-state index >= 15 is 0 Å². The Kier molecular flexibility index (Phi) is 10.1. The van der Waals surface area contributed by atoms with Gasteiger partial charge in [0.1, 0.15) is 0 Å². The van der Waals surface area contributed by atoms with E-state index in [0.29, 0.717) is 36.4 Å². The number of halogens is 18. The monoisotopic (exact) mass is 841 g/mol. The predicted molar refractivity (Wildman–Crippen MR) is 173 cm³/mol. The lowest BCUT2D eigenvalue weighted by Crippen LogP contribution is -2.11. The van der Waals surface area contributed by atoms with Crippen molar-refractivity contribution in [3.63, 3.8) is 0 Å². The summed E-state index contributed by atoms with van der Waals surface area (Å²) < 4.78 is 246. The second-order valence-electron chi connectivity index (χ2n) is 12.8. The zero-order chi connectivity index (χ0) is 43.0. The largest absolute Gasteiger partial charge is 0.416 e. The lowest BCUT2D eigenvalue weighted by molar-refractivity contribution is -0.144. The lowest BCUT2D eigenvalue weighted by Gasteiger charge is -2.18. The quantitative estimate of drug-likeness (QED) is 0.161. The summed E-state index contributed by atoms with van der Waals surface area (Å²) in [5.41, 5.74) is -13.9. The molecule has 0 aliphatic carbocycles. The molecule has 0 radical (unpaired) electrons. The summed E-state index contributed by atoms with van der Waals surface area (Å²) in [6.45, 7) is 0. The molecule has 0 N–H and O–H groups in total. The molecule has 0 unspecified atom stereocenters. The van der Waals surface area contributed by atoms with Crippen LogP contribution in [0.4, 0.5) is 79.0 Å². The number of hydrogen-bond donors (Lipinski definition) is 0.